The Hall–Kier alpha value is -3.15. The maximum absolute atomic E-state index is 12.9. The van der Waals surface area contributed by atoms with Gasteiger partial charge in [-0.3, -0.25) is 4.79 Å². The monoisotopic (exact) mass is 378 g/mol. The average molecular weight is 378 g/mol. The summed E-state index contributed by atoms with van der Waals surface area (Å²) < 4.78 is 15.0. The Balaban J connectivity index is 1.37. The second kappa shape index (κ2) is 7.84. The lowest BCUT2D eigenvalue weighted by Gasteiger charge is -2.29. The van der Waals surface area contributed by atoms with Crippen molar-refractivity contribution in [3.05, 3.63) is 82.8 Å². The SMILES string of the molecule is Cc1cc2n(n1)CCCN2Cc1ccc(C(=O)NCc2ccc(F)cc2)cc1. The highest BCUT2D eigenvalue weighted by atomic mass is 19.1. The molecule has 2 aromatic carbocycles. The van der Waals surface area contributed by atoms with Crippen LogP contribution in [-0.4, -0.2) is 22.2 Å². The van der Waals surface area contributed by atoms with Crippen molar-refractivity contribution in [1.29, 1.82) is 0 Å². The summed E-state index contributed by atoms with van der Waals surface area (Å²) in [5.41, 5.74) is 3.67. The number of hydrogen-bond acceptors (Lipinski definition) is 3. The molecule has 1 aromatic heterocycles. The van der Waals surface area contributed by atoms with E-state index in [1.807, 2.05) is 31.2 Å². The first-order chi connectivity index (χ1) is 13.6. The molecule has 1 aliphatic rings. The van der Waals surface area contributed by atoms with E-state index in [2.05, 4.69) is 26.1 Å². The summed E-state index contributed by atoms with van der Waals surface area (Å²) in [5, 5.41) is 7.40. The zero-order valence-electron chi connectivity index (χ0n) is 15.9. The van der Waals surface area contributed by atoms with Crippen molar-refractivity contribution in [3.63, 3.8) is 0 Å². The molecule has 0 atom stereocenters. The van der Waals surface area contributed by atoms with Crippen molar-refractivity contribution >= 4 is 11.7 Å². The van der Waals surface area contributed by atoms with E-state index in [0.717, 1.165) is 48.7 Å². The third-order valence-electron chi connectivity index (χ3n) is 4.96. The number of nitrogens with zero attached hydrogens (tertiary/aromatic N) is 3. The molecular weight excluding hydrogens is 355 g/mol. The molecule has 1 aliphatic heterocycles. The normalized spacial score (nSPS) is 13.3. The number of rotatable bonds is 5. The average Bonchev–Trinajstić information content (AvgIpc) is 3.09. The van der Waals surface area contributed by atoms with Crippen LogP contribution in [0.5, 0.6) is 0 Å². The van der Waals surface area contributed by atoms with Crippen molar-refractivity contribution in [1.82, 2.24) is 15.1 Å². The number of amides is 1. The van der Waals surface area contributed by atoms with Gasteiger partial charge in [0.15, 0.2) is 0 Å². The minimum Gasteiger partial charge on any atom is -0.352 e. The third-order valence-corrected chi connectivity index (χ3v) is 4.96. The fourth-order valence-corrected chi connectivity index (χ4v) is 3.51. The standard InChI is InChI=1S/C22H23FN4O/c1-16-13-21-26(11-2-12-27(21)25-16)15-18-3-7-19(8-4-18)22(28)24-14-17-5-9-20(23)10-6-17/h3-10,13H,2,11-12,14-15H2,1H3,(H,24,28). The third kappa shape index (κ3) is 4.06. The van der Waals surface area contributed by atoms with E-state index in [9.17, 15) is 9.18 Å². The highest BCUT2D eigenvalue weighted by Crippen LogP contribution is 2.23. The van der Waals surface area contributed by atoms with Crippen LogP contribution in [0.4, 0.5) is 10.2 Å². The van der Waals surface area contributed by atoms with Gasteiger partial charge in [0.05, 0.1) is 5.69 Å². The summed E-state index contributed by atoms with van der Waals surface area (Å²) >= 11 is 0. The molecule has 3 aromatic rings. The number of halogens is 1. The molecule has 1 amide bonds. The number of aryl methyl sites for hydroxylation is 2. The lowest BCUT2D eigenvalue weighted by atomic mass is 10.1. The van der Waals surface area contributed by atoms with Crippen LogP contribution >= 0.6 is 0 Å². The molecule has 28 heavy (non-hydrogen) atoms. The predicted octanol–water partition coefficient (Wildman–Crippen LogP) is 3.67. The molecule has 0 spiro atoms. The topological polar surface area (TPSA) is 50.2 Å². The van der Waals surface area contributed by atoms with Crippen LogP contribution < -0.4 is 10.2 Å². The van der Waals surface area contributed by atoms with Crippen LogP contribution in [0.15, 0.2) is 54.6 Å². The highest BCUT2D eigenvalue weighted by Gasteiger charge is 2.18. The van der Waals surface area contributed by atoms with Crippen LogP contribution in [0.3, 0.4) is 0 Å². The number of fused-ring (bicyclic) bond motifs is 1. The van der Waals surface area contributed by atoms with Gasteiger partial charge >= 0.3 is 0 Å². The van der Waals surface area contributed by atoms with E-state index in [1.54, 1.807) is 12.1 Å². The number of benzene rings is 2. The number of carbonyl (C=O) groups is 1. The van der Waals surface area contributed by atoms with E-state index < -0.39 is 0 Å². The van der Waals surface area contributed by atoms with Gasteiger partial charge < -0.3 is 10.2 Å². The van der Waals surface area contributed by atoms with Crippen LogP contribution in [0.25, 0.3) is 0 Å². The first-order valence-corrected chi connectivity index (χ1v) is 9.49. The molecule has 0 aliphatic carbocycles. The van der Waals surface area contributed by atoms with Gasteiger partial charge in [-0.15, -0.1) is 0 Å². The molecule has 0 bridgehead atoms. The molecule has 1 N–H and O–H groups in total. The fourth-order valence-electron chi connectivity index (χ4n) is 3.51. The maximum Gasteiger partial charge on any atom is 0.251 e. The first-order valence-electron chi connectivity index (χ1n) is 9.49. The maximum atomic E-state index is 12.9. The molecule has 0 unspecified atom stereocenters. The minimum absolute atomic E-state index is 0.137. The van der Waals surface area contributed by atoms with E-state index >= 15 is 0 Å². The Labute approximate surface area is 163 Å². The second-order valence-corrected chi connectivity index (χ2v) is 7.15. The quantitative estimate of drug-likeness (QED) is 0.737. The zero-order chi connectivity index (χ0) is 19.5. The Kier molecular flexibility index (Phi) is 5.10. The molecule has 0 saturated heterocycles. The molecule has 0 radical (unpaired) electrons. The van der Waals surface area contributed by atoms with Gasteiger partial charge in [-0.25, -0.2) is 9.07 Å². The summed E-state index contributed by atoms with van der Waals surface area (Å²) in [6.45, 7) is 5.15. The Bertz CT molecular complexity index is 963. The minimum atomic E-state index is -0.280. The van der Waals surface area contributed by atoms with Gasteiger partial charge in [-0.05, 0) is 48.7 Å². The van der Waals surface area contributed by atoms with Crippen molar-refractivity contribution in [2.75, 3.05) is 11.4 Å². The van der Waals surface area contributed by atoms with Crippen molar-refractivity contribution in [3.8, 4) is 0 Å². The van der Waals surface area contributed by atoms with E-state index in [4.69, 9.17) is 0 Å². The molecule has 0 fully saturated rings. The van der Waals surface area contributed by atoms with Gasteiger partial charge in [0.25, 0.3) is 5.91 Å². The van der Waals surface area contributed by atoms with Gasteiger partial charge in [-0.1, -0.05) is 24.3 Å². The number of anilines is 1. The first kappa shape index (κ1) is 18.2. The molecule has 0 saturated carbocycles. The summed E-state index contributed by atoms with van der Waals surface area (Å²) in [7, 11) is 0. The van der Waals surface area contributed by atoms with E-state index in [-0.39, 0.29) is 11.7 Å². The van der Waals surface area contributed by atoms with Gasteiger partial charge in [-0.2, -0.15) is 5.10 Å². The van der Waals surface area contributed by atoms with Gasteiger partial charge in [0.1, 0.15) is 11.6 Å². The van der Waals surface area contributed by atoms with Gasteiger partial charge in [0, 0.05) is 37.8 Å². The van der Waals surface area contributed by atoms with Crippen LogP contribution in [0.1, 0.15) is 33.6 Å². The van der Waals surface area contributed by atoms with Crippen LogP contribution in [-0.2, 0) is 19.6 Å². The van der Waals surface area contributed by atoms with Crippen molar-refractivity contribution in [2.45, 2.75) is 33.0 Å². The molecule has 2 heterocycles. The van der Waals surface area contributed by atoms with Gasteiger partial charge in [0.2, 0.25) is 0 Å². The lowest BCUT2D eigenvalue weighted by Crippen LogP contribution is -2.31. The molecule has 144 valence electrons. The molecular formula is C22H23FN4O. The largest absolute Gasteiger partial charge is 0.352 e. The second-order valence-electron chi connectivity index (χ2n) is 7.15. The summed E-state index contributed by atoms with van der Waals surface area (Å²) in [4.78, 5) is 14.7. The van der Waals surface area contributed by atoms with Crippen LogP contribution in [0.2, 0.25) is 0 Å². The van der Waals surface area contributed by atoms with E-state index in [1.165, 1.54) is 12.1 Å². The fraction of sp³-hybridized carbons (Fsp3) is 0.273. The molecule has 5 nitrogen and oxygen atoms in total. The Morgan fingerprint density at radius 3 is 2.54 bits per heavy atom. The predicted molar refractivity (Wildman–Crippen MR) is 107 cm³/mol. The lowest BCUT2D eigenvalue weighted by molar-refractivity contribution is 0.0951. The Morgan fingerprint density at radius 2 is 1.79 bits per heavy atom. The number of hydrogen-bond donors (Lipinski definition) is 1. The summed E-state index contributed by atoms with van der Waals surface area (Å²) in [6, 6.07) is 15.9. The van der Waals surface area contributed by atoms with Crippen LogP contribution in [0, 0.1) is 12.7 Å². The summed E-state index contributed by atoms with van der Waals surface area (Å²) in [6.07, 6.45) is 1.08. The highest BCUT2D eigenvalue weighted by molar-refractivity contribution is 5.94. The summed E-state index contributed by atoms with van der Waals surface area (Å²) in [5.74, 6) is 0.741. The number of aromatic nitrogens is 2. The molecule has 4 rings (SSSR count). The number of nitrogens with one attached hydrogen (secondary N) is 1. The number of carbonyl (C=O) groups excluding carboxylic acids is 1. The molecule has 6 heteroatoms. The van der Waals surface area contributed by atoms with Crippen molar-refractivity contribution < 1.29 is 9.18 Å². The smallest absolute Gasteiger partial charge is 0.251 e. The van der Waals surface area contributed by atoms with Crippen molar-refractivity contribution in [2.24, 2.45) is 0 Å². The van der Waals surface area contributed by atoms with E-state index in [0.29, 0.717) is 12.1 Å². The zero-order valence-corrected chi connectivity index (χ0v) is 15.9. The Morgan fingerprint density at radius 1 is 1.07 bits per heavy atom.